The molecule has 1 aromatic heterocycles. The van der Waals surface area contributed by atoms with Gasteiger partial charge in [0.25, 0.3) is 0 Å². The highest BCUT2D eigenvalue weighted by Gasteiger charge is 2.18. The summed E-state index contributed by atoms with van der Waals surface area (Å²) >= 11 is 4.97. The molecular weight excluding hydrogens is 312 g/mol. The van der Waals surface area contributed by atoms with Gasteiger partial charge < -0.3 is 4.74 Å². The molecule has 0 saturated carbocycles. The van der Waals surface area contributed by atoms with Gasteiger partial charge in [-0.1, -0.05) is 12.1 Å². The summed E-state index contributed by atoms with van der Waals surface area (Å²) < 4.78 is 6.25. The first-order valence-electron chi connectivity index (χ1n) is 5.65. The Bertz CT molecular complexity index is 631. The van der Waals surface area contributed by atoms with Crippen molar-refractivity contribution >= 4 is 33.0 Å². The first-order chi connectivity index (χ1) is 8.65. The second kappa shape index (κ2) is 4.61. The topological polar surface area (TPSA) is 26.3 Å². The number of carbonyl (C=O) groups excluding carboxylic acids is 1. The number of halogens is 1. The molecule has 0 radical (unpaired) electrons. The van der Waals surface area contributed by atoms with Crippen molar-refractivity contribution in [1.29, 1.82) is 0 Å². The number of hydrogen-bond acceptors (Lipinski definition) is 3. The summed E-state index contributed by atoms with van der Waals surface area (Å²) in [5.41, 5.74) is 3.06. The van der Waals surface area contributed by atoms with Gasteiger partial charge in [-0.15, -0.1) is 11.3 Å². The van der Waals surface area contributed by atoms with E-state index in [0.717, 1.165) is 25.4 Å². The van der Waals surface area contributed by atoms with Gasteiger partial charge in [-0.25, -0.2) is 0 Å². The Balaban J connectivity index is 2.00. The van der Waals surface area contributed by atoms with Crippen molar-refractivity contribution in [2.24, 2.45) is 0 Å². The molecule has 1 aliphatic rings. The van der Waals surface area contributed by atoms with Gasteiger partial charge in [0.05, 0.1) is 18.1 Å². The minimum atomic E-state index is 0.0784. The van der Waals surface area contributed by atoms with Gasteiger partial charge in [-0.2, -0.15) is 0 Å². The van der Waals surface area contributed by atoms with Crippen LogP contribution >= 0.6 is 27.3 Å². The molecule has 92 valence electrons. The lowest BCUT2D eigenvalue weighted by atomic mass is 10.0. The van der Waals surface area contributed by atoms with Crippen molar-refractivity contribution in [2.75, 3.05) is 0 Å². The zero-order valence-electron chi connectivity index (χ0n) is 9.83. The second-order valence-electron chi connectivity index (χ2n) is 4.34. The van der Waals surface area contributed by atoms with Crippen LogP contribution in [0.3, 0.4) is 0 Å². The van der Waals surface area contributed by atoms with E-state index in [9.17, 15) is 4.79 Å². The Hall–Kier alpha value is -0.970. The lowest BCUT2D eigenvalue weighted by Gasteiger charge is -2.02. The van der Waals surface area contributed by atoms with Crippen molar-refractivity contribution < 1.29 is 9.53 Å². The van der Waals surface area contributed by atoms with E-state index in [1.54, 1.807) is 0 Å². The second-order valence-corrected chi connectivity index (χ2v) is 6.45. The van der Waals surface area contributed by atoms with E-state index in [4.69, 9.17) is 4.74 Å². The molecule has 1 aliphatic heterocycles. The zero-order valence-corrected chi connectivity index (χ0v) is 12.2. The van der Waals surface area contributed by atoms with Gasteiger partial charge in [0.1, 0.15) is 0 Å². The number of thiophene rings is 1. The molecule has 1 aromatic carbocycles. The van der Waals surface area contributed by atoms with Gasteiger partial charge in [0, 0.05) is 14.9 Å². The van der Waals surface area contributed by atoms with Crippen LogP contribution in [0.1, 0.15) is 31.2 Å². The average molecular weight is 323 g/mol. The number of ether oxygens (including phenoxy) is 1. The summed E-state index contributed by atoms with van der Waals surface area (Å²) in [6.45, 7) is 3.27. The van der Waals surface area contributed by atoms with Gasteiger partial charge in [-0.05, 0) is 46.1 Å². The van der Waals surface area contributed by atoms with E-state index in [2.05, 4.69) is 15.9 Å². The highest BCUT2D eigenvalue weighted by atomic mass is 79.9. The number of carbonyl (C=O) groups is 1. The Morgan fingerprint density at radius 3 is 2.78 bits per heavy atom. The highest BCUT2D eigenvalue weighted by Crippen LogP contribution is 2.30. The molecule has 0 N–H and O–H groups in total. The third-order valence-corrected chi connectivity index (χ3v) is 4.94. The van der Waals surface area contributed by atoms with Crippen molar-refractivity contribution in [3.8, 4) is 0 Å². The Morgan fingerprint density at radius 2 is 2.06 bits per heavy atom. The molecule has 18 heavy (non-hydrogen) atoms. The molecule has 2 nitrogen and oxygen atoms in total. The van der Waals surface area contributed by atoms with E-state index in [1.165, 1.54) is 16.9 Å². The maximum absolute atomic E-state index is 12.4. The minimum Gasteiger partial charge on any atom is -0.372 e. The Morgan fingerprint density at radius 1 is 1.28 bits per heavy atom. The molecule has 2 heterocycles. The van der Waals surface area contributed by atoms with Crippen molar-refractivity contribution in [1.82, 2.24) is 0 Å². The SMILES string of the molecule is Cc1cc(Br)c(C(=O)c2ccc3c(c2)COC3)s1. The van der Waals surface area contributed by atoms with Gasteiger partial charge in [0.15, 0.2) is 0 Å². The fraction of sp³-hybridized carbons (Fsp3) is 0.214. The molecule has 4 heteroatoms. The highest BCUT2D eigenvalue weighted by molar-refractivity contribution is 9.10. The third-order valence-electron chi connectivity index (χ3n) is 3.00. The van der Waals surface area contributed by atoms with Gasteiger partial charge in [-0.3, -0.25) is 4.79 Å². The molecule has 0 saturated heterocycles. The maximum Gasteiger partial charge on any atom is 0.204 e. The fourth-order valence-corrected chi connectivity index (χ4v) is 3.87. The van der Waals surface area contributed by atoms with E-state index in [-0.39, 0.29) is 5.78 Å². The lowest BCUT2D eigenvalue weighted by Crippen LogP contribution is -2.00. The fourth-order valence-electron chi connectivity index (χ4n) is 2.08. The van der Waals surface area contributed by atoms with Crippen LogP contribution < -0.4 is 0 Å². The number of benzene rings is 1. The first kappa shape index (κ1) is 12.1. The van der Waals surface area contributed by atoms with Crippen LogP contribution in [-0.4, -0.2) is 5.78 Å². The summed E-state index contributed by atoms with van der Waals surface area (Å²) in [6, 6.07) is 7.81. The molecular formula is C14H11BrO2S. The van der Waals surface area contributed by atoms with E-state index in [1.807, 2.05) is 31.2 Å². The molecule has 0 atom stereocenters. The molecule has 0 spiro atoms. The van der Waals surface area contributed by atoms with Gasteiger partial charge in [0.2, 0.25) is 5.78 Å². The number of hydrogen-bond donors (Lipinski definition) is 0. The normalized spacial score (nSPS) is 13.7. The summed E-state index contributed by atoms with van der Waals surface area (Å²) in [6.07, 6.45) is 0. The molecule has 0 aliphatic carbocycles. The number of rotatable bonds is 2. The average Bonchev–Trinajstić information content (AvgIpc) is 2.93. The zero-order chi connectivity index (χ0) is 12.7. The van der Waals surface area contributed by atoms with Crippen LogP contribution in [0.4, 0.5) is 0 Å². The van der Waals surface area contributed by atoms with Crippen LogP contribution in [0.5, 0.6) is 0 Å². The van der Waals surface area contributed by atoms with Crippen LogP contribution in [0.25, 0.3) is 0 Å². The summed E-state index contributed by atoms with van der Waals surface area (Å²) in [5, 5.41) is 0. The predicted octanol–water partition coefficient (Wildman–Crippen LogP) is 4.08. The standard InChI is InChI=1S/C14H11BrO2S/c1-8-4-12(15)14(18-8)13(16)9-2-3-10-6-17-7-11(10)5-9/h2-5H,6-7H2,1H3. The van der Waals surface area contributed by atoms with Crippen molar-refractivity contribution in [3.63, 3.8) is 0 Å². The molecule has 3 rings (SSSR count). The predicted molar refractivity (Wildman–Crippen MR) is 75.1 cm³/mol. The minimum absolute atomic E-state index is 0.0784. The van der Waals surface area contributed by atoms with E-state index < -0.39 is 0 Å². The monoisotopic (exact) mass is 322 g/mol. The summed E-state index contributed by atoms with van der Waals surface area (Å²) in [7, 11) is 0. The van der Waals surface area contributed by atoms with Crippen LogP contribution in [0, 0.1) is 6.92 Å². The van der Waals surface area contributed by atoms with Crippen molar-refractivity contribution in [3.05, 3.63) is 55.2 Å². The third kappa shape index (κ3) is 2.05. The smallest absolute Gasteiger partial charge is 0.204 e. The molecule has 2 aromatic rings. The van der Waals surface area contributed by atoms with E-state index in [0.29, 0.717) is 13.2 Å². The van der Waals surface area contributed by atoms with Crippen LogP contribution in [0.15, 0.2) is 28.7 Å². The van der Waals surface area contributed by atoms with Crippen molar-refractivity contribution in [2.45, 2.75) is 20.1 Å². The van der Waals surface area contributed by atoms with Gasteiger partial charge >= 0.3 is 0 Å². The van der Waals surface area contributed by atoms with E-state index >= 15 is 0 Å². The first-order valence-corrected chi connectivity index (χ1v) is 7.26. The Labute approximate surface area is 118 Å². The number of ketones is 1. The number of aryl methyl sites for hydroxylation is 1. The largest absolute Gasteiger partial charge is 0.372 e. The lowest BCUT2D eigenvalue weighted by molar-refractivity contribution is 0.104. The molecule has 0 bridgehead atoms. The summed E-state index contributed by atoms with van der Waals surface area (Å²) in [4.78, 5) is 14.3. The molecule has 0 amide bonds. The van der Waals surface area contributed by atoms with Crippen LogP contribution in [0.2, 0.25) is 0 Å². The molecule has 0 unspecified atom stereocenters. The quantitative estimate of drug-likeness (QED) is 0.779. The summed E-state index contributed by atoms with van der Waals surface area (Å²) in [5.74, 6) is 0.0784. The van der Waals surface area contributed by atoms with Crippen LogP contribution in [-0.2, 0) is 18.0 Å². The molecule has 0 fully saturated rings. The Kier molecular flexibility index (Phi) is 3.09. The maximum atomic E-state index is 12.4. The number of fused-ring (bicyclic) bond motifs is 1.